The van der Waals surface area contributed by atoms with E-state index >= 15 is 0 Å². The van der Waals surface area contributed by atoms with E-state index in [0.717, 1.165) is 19.5 Å². The average molecular weight is 360 g/mol. The first-order valence-corrected chi connectivity index (χ1v) is 8.32. The zero-order chi connectivity index (χ0) is 14.0. The molecule has 1 saturated heterocycles. The van der Waals surface area contributed by atoms with Crippen LogP contribution in [0.15, 0.2) is 23.1 Å². The third-order valence-electron chi connectivity index (χ3n) is 3.27. The predicted octanol–water partition coefficient (Wildman–Crippen LogP) is 2.69. The van der Waals surface area contributed by atoms with Crippen molar-refractivity contribution in [2.24, 2.45) is 5.92 Å². The molecule has 2 N–H and O–H groups in total. The number of hydrogen-bond acceptors (Lipinski definition) is 3. The molecule has 20 heavy (non-hydrogen) atoms. The number of hydrogen-bond donors (Lipinski definition) is 2. The zero-order valence-corrected chi connectivity index (χ0v) is 14.0. The van der Waals surface area contributed by atoms with E-state index in [2.05, 4.69) is 10.0 Å². The van der Waals surface area contributed by atoms with E-state index in [0.29, 0.717) is 5.02 Å². The summed E-state index contributed by atoms with van der Waals surface area (Å²) < 4.78 is 27.4. The lowest BCUT2D eigenvalue weighted by atomic mass is 9.97. The Labute approximate surface area is 135 Å². The maximum Gasteiger partial charge on any atom is 0.242 e. The van der Waals surface area contributed by atoms with Gasteiger partial charge in [-0.3, -0.25) is 0 Å². The molecule has 0 amide bonds. The van der Waals surface area contributed by atoms with Gasteiger partial charge < -0.3 is 5.32 Å². The number of sulfonamides is 1. The summed E-state index contributed by atoms with van der Waals surface area (Å²) in [6.45, 7) is 3.62. The highest BCUT2D eigenvalue weighted by molar-refractivity contribution is 7.89. The van der Waals surface area contributed by atoms with Crippen LogP contribution in [0, 0.1) is 5.92 Å². The Morgan fingerprint density at radius 2 is 2.05 bits per heavy atom. The first-order chi connectivity index (χ1) is 8.90. The van der Waals surface area contributed by atoms with E-state index in [1.54, 1.807) is 6.07 Å². The molecule has 1 aromatic carbocycles. The summed E-state index contributed by atoms with van der Waals surface area (Å²) in [6.07, 6.45) is 0.762. The first-order valence-electron chi connectivity index (χ1n) is 6.08. The molecule has 1 aromatic rings. The van der Waals surface area contributed by atoms with E-state index < -0.39 is 10.0 Å². The highest BCUT2D eigenvalue weighted by Crippen LogP contribution is 2.26. The van der Waals surface area contributed by atoms with Gasteiger partial charge in [0.2, 0.25) is 10.0 Å². The monoisotopic (exact) mass is 358 g/mol. The van der Waals surface area contributed by atoms with Gasteiger partial charge in [-0.05, 0) is 43.6 Å². The van der Waals surface area contributed by atoms with Crippen molar-refractivity contribution in [1.82, 2.24) is 10.0 Å². The minimum Gasteiger partial charge on any atom is -0.316 e. The molecule has 0 aromatic heterocycles. The van der Waals surface area contributed by atoms with Gasteiger partial charge in [-0.25, -0.2) is 13.1 Å². The molecule has 0 bridgehead atoms. The van der Waals surface area contributed by atoms with Crippen LogP contribution in [0.1, 0.15) is 13.3 Å². The summed E-state index contributed by atoms with van der Waals surface area (Å²) in [5.74, 6) is 0.237. The van der Waals surface area contributed by atoms with Crippen LogP contribution >= 0.6 is 35.6 Å². The minimum atomic E-state index is -3.64. The Balaban J connectivity index is 0.00000200. The zero-order valence-electron chi connectivity index (χ0n) is 10.9. The molecule has 1 heterocycles. The average Bonchev–Trinajstić information content (AvgIpc) is 2.35. The van der Waals surface area contributed by atoms with Crippen LogP contribution in [0.2, 0.25) is 10.0 Å². The van der Waals surface area contributed by atoms with Crippen LogP contribution in [0.3, 0.4) is 0 Å². The smallest absolute Gasteiger partial charge is 0.242 e. The van der Waals surface area contributed by atoms with Crippen molar-refractivity contribution in [3.8, 4) is 0 Å². The van der Waals surface area contributed by atoms with Crippen molar-refractivity contribution in [2.45, 2.75) is 24.3 Å². The fraction of sp³-hybridized carbons (Fsp3) is 0.500. The fourth-order valence-electron chi connectivity index (χ4n) is 2.14. The van der Waals surface area contributed by atoms with Gasteiger partial charge in [0.05, 0.1) is 5.02 Å². The molecule has 8 heteroatoms. The minimum absolute atomic E-state index is 0. The molecule has 1 aliphatic rings. The van der Waals surface area contributed by atoms with Gasteiger partial charge in [-0.15, -0.1) is 12.4 Å². The van der Waals surface area contributed by atoms with Crippen LogP contribution in [0.4, 0.5) is 0 Å². The summed E-state index contributed by atoms with van der Waals surface area (Å²) >= 11 is 11.8. The molecular weight excluding hydrogens is 343 g/mol. The summed E-state index contributed by atoms with van der Waals surface area (Å²) in [6, 6.07) is 4.35. The molecule has 1 aliphatic heterocycles. The van der Waals surface area contributed by atoms with E-state index in [1.165, 1.54) is 12.1 Å². The highest BCUT2D eigenvalue weighted by atomic mass is 35.5. The van der Waals surface area contributed by atoms with Crippen LogP contribution in [0.25, 0.3) is 0 Å². The van der Waals surface area contributed by atoms with Crippen molar-refractivity contribution in [2.75, 3.05) is 13.1 Å². The topological polar surface area (TPSA) is 58.2 Å². The number of halogens is 3. The van der Waals surface area contributed by atoms with Crippen LogP contribution in [0.5, 0.6) is 0 Å². The second-order valence-electron chi connectivity index (χ2n) is 4.77. The molecular formula is C12H17Cl3N2O2S. The van der Waals surface area contributed by atoms with Gasteiger partial charge in [0.15, 0.2) is 0 Å². The van der Waals surface area contributed by atoms with E-state index in [9.17, 15) is 8.42 Å². The molecule has 2 atom stereocenters. The Bertz CT molecular complexity index is 566. The summed E-state index contributed by atoms with van der Waals surface area (Å²) in [4.78, 5) is 0.0346. The summed E-state index contributed by atoms with van der Waals surface area (Å²) in [5, 5.41) is 3.76. The van der Waals surface area contributed by atoms with E-state index in [4.69, 9.17) is 23.2 Å². The first kappa shape index (κ1) is 18.0. The molecule has 0 spiro atoms. The Hall–Kier alpha value is -0.0400. The molecule has 0 radical (unpaired) electrons. The maximum absolute atomic E-state index is 12.3. The number of piperidine rings is 1. The Kier molecular flexibility index (Phi) is 6.57. The normalized spacial score (nSPS) is 23.1. The lowest BCUT2D eigenvalue weighted by Crippen LogP contribution is -2.48. The van der Waals surface area contributed by atoms with Crippen LogP contribution in [-0.4, -0.2) is 27.5 Å². The number of benzene rings is 1. The lowest BCUT2D eigenvalue weighted by Gasteiger charge is -2.30. The summed E-state index contributed by atoms with van der Waals surface area (Å²) in [7, 11) is -3.64. The fourth-order valence-corrected chi connectivity index (χ4v) is 4.28. The predicted molar refractivity (Wildman–Crippen MR) is 84.5 cm³/mol. The van der Waals surface area contributed by atoms with Gasteiger partial charge in [-0.2, -0.15) is 0 Å². The van der Waals surface area contributed by atoms with Gasteiger partial charge >= 0.3 is 0 Å². The molecule has 4 nitrogen and oxygen atoms in total. The standard InChI is InChI=1S/C12H16Cl2N2O2S.ClH/c1-8-7-15-5-4-11(8)16-19(17,18)12-6-9(13)2-3-10(12)14;/h2-3,6,8,11,15-16H,4-5,7H2,1H3;1H. The van der Waals surface area contributed by atoms with Gasteiger partial charge in [-0.1, -0.05) is 30.1 Å². The quantitative estimate of drug-likeness (QED) is 0.872. The van der Waals surface area contributed by atoms with Crippen molar-refractivity contribution in [3.05, 3.63) is 28.2 Å². The molecule has 2 unspecified atom stereocenters. The van der Waals surface area contributed by atoms with Gasteiger partial charge in [0.25, 0.3) is 0 Å². The number of nitrogens with one attached hydrogen (secondary N) is 2. The highest BCUT2D eigenvalue weighted by Gasteiger charge is 2.27. The molecule has 114 valence electrons. The van der Waals surface area contributed by atoms with E-state index in [-0.39, 0.29) is 34.3 Å². The van der Waals surface area contributed by atoms with E-state index in [1.807, 2.05) is 6.92 Å². The second kappa shape index (κ2) is 7.29. The third kappa shape index (κ3) is 4.23. The molecule has 0 aliphatic carbocycles. The summed E-state index contributed by atoms with van der Waals surface area (Å²) in [5.41, 5.74) is 0. The van der Waals surface area contributed by atoms with Gasteiger partial charge in [0, 0.05) is 11.1 Å². The molecule has 1 fully saturated rings. The Morgan fingerprint density at radius 1 is 1.35 bits per heavy atom. The Morgan fingerprint density at radius 3 is 2.70 bits per heavy atom. The van der Waals surface area contributed by atoms with Crippen molar-refractivity contribution >= 4 is 45.6 Å². The SMILES string of the molecule is CC1CNCCC1NS(=O)(=O)c1cc(Cl)ccc1Cl.Cl. The van der Waals surface area contributed by atoms with Crippen LogP contribution in [-0.2, 0) is 10.0 Å². The molecule has 2 rings (SSSR count). The van der Waals surface area contributed by atoms with Crippen molar-refractivity contribution in [3.63, 3.8) is 0 Å². The lowest BCUT2D eigenvalue weighted by molar-refractivity contribution is 0.328. The van der Waals surface area contributed by atoms with Crippen molar-refractivity contribution in [1.29, 1.82) is 0 Å². The van der Waals surface area contributed by atoms with Gasteiger partial charge in [0.1, 0.15) is 4.90 Å². The molecule has 0 saturated carbocycles. The van der Waals surface area contributed by atoms with Crippen molar-refractivity contribution < 1.29 is 8.42 Å². The second-order valence-corrected chi connectivity index (χ2v) is 7.30. The number of rotatable bonds is 3. The maximum atomic E-state index is 12.3. The van der Waals surface area contributed by atoms with Crippen LogP contribution < -0.4 is 10.0 Å². The largest absolute Gasteiger partial charge is 0.316 e. The third-order valence-corrected chi connectivity index (χ3v) is 5.48.